The average molecular weight is 382 g/mol. The number of aromatic nitrogens is 4. The average Bonchev–Trinajstić information content (AvgIpc) is 3.30. The molecule has 3 aromatic heterocycles. The minimum atomic E-state index is -0.358. The van der Waals surface area contributed by atoms with Gasteiger partial charge in [0, 0.05) is 51.1 Å². The first-order valence-corrected chi connectivity index (χ1v) is 9.16. The number of carbonyl (C=O) groups is 1. The third-order valence-corrected chi connectivity index (χ3v) is 5.24. The number of fused-ring (bicyclic) bond motifs is 1. The molecule has 1 fully saturated rings. The quantitative estimate of drug-likeness (QED) is 0.667. The summed E-state index contributed by atoms with van der Waals surface area (Å²) in [6.45, 7) is 1.23. The van der Waals surface area contributed by atoms with Gasteiger partial charge in [0.1, 0.15) is 5.82 Å². The van der Waals surface area contributed by atoms with E-state index in [1.807, 2.05) is 29.3 Å². The number of rotatable bonds is 4. The van der Waals surface area contributed by atoms with Gasteiger partial charge in [0.15, 0.2) is 0 Å². The second-order valence-electron chi connectivity index (χ2n) is 7.12. The van der Waals surface area contributed by atoms with Crippen LogP contribution in [-0.4, -0.2) is 43.8 Å². The summed E-state index contributed by atoms with van der Waals surface area (Å²) < 4.78 is 4.29. The summed E-state index contributed by atoms with van der Waals surface area (Å²) >= 11 is 0. The molecule has 9 heteroatoms. The van der Waals surface area contributed by atoms with Crippen molar-refractivity contribution in [2.24, 2.45) is 14.1 Å². The molecule has 1 amide bonds. The normalized spacial score (nSPS) is 16.6. The Kier molecular flexibility index (Phi) is 4.50. The van der Waals surface area contributed by atoms with Crippen LogP contribution < -0.4 is 21.5 Å². The highest BCUT2D eigenvalue weighted by molar-refractivity contribution is 5.81. The van der Waals surface area contributed by atoms with Gasteiger partial charge in [0.25, 0.3) is 5.56 Å². The van der Waals surface area contributed by atoms with Crippen LogP contribution in [0.1, 0.15) is 12.0 Å². The number of nitrogens with zero attached hydrogens (tertiary/aromatic N) is 5. The summed E-state index contributed by atoms with van der Waals surface area (Å²) in [7, 11) is 3.11. The summed E-state index contributed by atoms with van der Waals surface area (Å²) in [6.07, 6.45) is 4.57. The lowest BCUT2D eigenvalue weighted by Crippen LogP contribution is -2.41. The van der Waals surface area contributed by atoms with E-state index in [0.717, 1.165) is 22.1 Å². The fraction of sp³-hybridized carbons (Fsp3) is 0.368. The molecule has 0 bridgehead atoms. The molecule has 4 heterocycles. The van der Waals surface area contributed by atoms with Crippen LogP contribution in [0.2, 0.25) is 0 Å². The van der Waals surface area contributed by atoms with Gasteiger partial charge < -0.3 is 10.2 Å². The first-order valence-electron chi connectivity index (χ1n) is 9.16. The third kappa shape index (κ3) is 3.19. The molecule has 1 N–H and O–H groups in total. The molecule has 1 atom stereocenters. The van der Waals surface area contributed by atoms with Gasteiger partial charge in [-0.1, -0.05) is 6.07 Å². The van der Waals surface area contributed by atoms with Crippen LogP contribution in [-0.2, 0) is 25.3 Å². The van der Waals surface area contributed by atoms with E-state index in [0.29, 0.717) is 18.9 Å². The monoisotopic (exact) mass is 382 g/mol. The number of amides is 1. The summed E-state index contributed by atoms with van der Waals surface area (Å²) in [5, 5.41) is 7.31. The zero-order chi connectivity index (χ0) is 19.8. The molecule has 0 aromatic carbocycles. The largest absolute Gasteiger partial charge is 0.356 e. The van der Waals surface area contributed by atoms with E-state index in [-0.39, 0.29) is 29.6 Å². The van der Waals surface area contributed by atoms with Gasteiger partial charge in [-0.2, -0.15) is 5.10 Å². The van der Waals surface area contributed by atoms with Crippen LogP contribution in [0, 0.1) is 0 Å². The van der Waals surface area contributed by atoms with E-state index >= 15 is 0 Å². The Labute approximate surface area is 160 Å². The van der Waals surface area contributed by atoms with Crippen molar-refractivity contribution in [3.05, 3.63) is 63.1 Å². The topological polar surface area (TPSA) is 93.6 Å². The molecule has 1 saturated heterocycles. The lowest BCUT2D eigenvalue weighted by atomic mass is 10.1. The number of carbonyl (C=O) groups excluding carboxylic acids is 1. The SMILES string of the molecule is Cn1c(N2CC[C@H](NC(=O)Cc3cnn4ccccc34)C2)cc(=O)n(C)c1=O. The first-order chi connectivity index (χ1) is 13.4. The van der Waals surface area contributed by atoms with Gasteiger partial charge in [-0.3, -0.25) is 18.7 Å². The van der Waals surface area contributed by atoms with Crippen molar-refractivity contribution in [3.63, 3.8) is 0 Å². The minimum absolute atomic E-state index is 0.0338. The second kappa shape index (κ2) is 6.99. The molecule has 0 saturated carbocycles. The Morgan fingerprint density at radius 2 is 2.07 bits per heavy atom. The van der Waals surface area contributed by atoms with Crippen molar-refractivity contribution < 1.29 is 4.79 Å². The van der Waals surface area contributed by atoms with Crippen molar-refractivity contribution in [1.82, 2.24) is 24.1 Å². The Morgan fingerprint density at radius 1 is 1.25 bits per heavy atom. The van der Waals surface area contributed by atoms with Crippen LogP contribution in [0.4, 0.5) is 5.82 Å². The smallest absolute Gasteiger partial charge is 0.332 e. The van der Waals surface area contributed by atoms with Crippen molar-refractivity contribution in [2.75, 3.05) is 18.0 Å². The highest BCUT2D eigenvalue weighted by atomic mass is 16.2. The molecule has 1 aliphatic heterocycles. The van der Waals surface area contributed by atoms with Crippen LogP contribution in [0.5, 0.6) is 0 Å². The summed E-state index contributed by atoms with van der Waals surface area (Å²) in [6, 6.07) is 7.17. The van der Waals surface area contributed by atoms with Gasteiger partial charge in [-0.05, 0) is 18.6 Å². The van der Waals surface area contributed by atoms with E-state index in [2.05, 4.69) is 10.4 Å². The van der Waals surface area contributed by atoms with Crippen LogP contribution in [0.25, 0.3) is 5.52 Å². The van der Waals surface area contributed by atoms with E-state index in [1.165, 1.54) is 17.7 Å². The molecule has 1 aliphatic rings. The van der Waals surface area contributed by atoms with Crippen molar-refractivity contribution >= 4 is 17.2 Å². The fourth-order valence-electron chi connectivity index (χ4n) is 3.69. The predicted octanol–water partition coefficient (Wildman–Crippen LogP) is -0.331. The number of nitrogens with one attached hydrogen (secondary N) is 1. The molecule has 28 heavy (non-hydrogen) atoms. The van der Waals surface area contributed by atoms with Gasteiger partial charge >= 0.3 is 5.69 Å². The molecule has 146 valence electrons. The van der Waals surface area contributed by atoms with Gasteiger partial charge in [0.2, 0.25) is 5.91 Å². The maximum absolute atomic E-state index is 12.5. The van der Waals surface area contributed by atoms with Crippen LogP contribution in [0.15, 0.2) is 46.2 Å². The molecule has 3 aromatic rings. The second-order valence-corrected chi connectivity index (χ2v) is 7.12. The molecule has 0 spiro atoms. The zero-order valence-electron chi connectivity index (χ0n) is 15.8. The summed E-state index contributed by atoms with van der Waals surface area (Å²) in [4.78, 5) is 38.6. The molecule has 9 nitrogen and oxygen atoms in total. The Morgan fingerprint density at radius 3 is 2.89 bits per heavy atom. The highest BCUT2D eigenvalue weighted by Crippen LogP contribution is 2.18. The zero-order valence-corrected chi connectivity index (χ0v) is 15.8. The fourth-order valence-corrected chi connectivity index (χ4v) is 3.69. The summed E-state index contributed by atoms with van der Waals surface area (Å²) in [5.41, 5.74) is 1.10. The lowest BCUT2D eigenvalue weighted by Gasteiger charge is -2.21. The highest BCUT2D eigenvalue weighted by Gasteiger charge is 2.26. The maximum Gasteiger partial charge on any atom is 0.332 e. The van der Waals surface area contributed by atoms with E-state index in [9.17, 15) is 14.4 Å². The number of hydrogen-bond acceptors (Lipinski definition) is 5. The molecule has 0 aliphatic carbocycles. The molecule has 0 unspecified atom stereocenters. The third-order valence-electron chi connectivity index (χ3n) is 5.24. The van der Waals surface area contributed by atoms with Crippen molar-refractivity contribution in [3.8, 4) is 0 Å². The minimum Gasteiger partial charge on any atom is -0.356 e. The maximum atomic E-state index is 12.5. The first kappa shape index (κ1) is 18.0. The van der Waals surface area contributed by atoms with Crippen molar-refractivity contribution in [2.45, 2.75) is 18.9 Å². The predicted molar refractivity (Wildman–Crippen MR) is 105 cm³/mol. The summed E-state index contributed by atoms with van der Waals surface area (Å²) in [5.74, 6) is 0.510. The van der Waals surface area contributed by atoms with Crippen LogP contribution in [0.3, 0.4) is 0 Å². The van der Waals surface area contributed by atoms with Gasteiger partial charge in [-0.25, -0.2) is 9.31 Å². The molecular formula is C19H22N6O3. The lowest BCUT2D eigenvalue weighted by molar-refractivity contribution is -0.121. The molecule has 0 radical (unpaired) electrons. The van der Waals surface area contributed by atoms with Crippen LogP contribution >= 0.6 is 0 Å². The Balaban J connectivity index is 1.43. The molecular weight excluding hydrogens is 360 g/mol. The number of anilines is 1. The van der Waals surface area contributed by atoms with Gasteiger partial charge in [-0.15, -0.1) is 0 Å². The van der Waals surface area contributed by atoms with Crippen molar-refractivity contribution in [1.29, 1.82) is 0 Å². The Bertz CT molecular complexity index is 1160. The van der Waals surface area contributed by atoms with E-state index < -0.39 is 0 Å². The standard InChI is InChI=1S/C19H22N6O3/c1-22-17(10-18(27)23(2)19(22)28)24-8-6-14(12-24)21-16(26)9-13-11-20-25-7-4-3-5-15(13)25/h3-5,7,10-11,14H,6,8-9,12H2,1-2H3,(H,21,26)/t14-/m0/s1. The molecule has 4 rings (SSSR count). The van der Waals surface area contributed by atoms with E-state index in [1.54, 1.807) is 17.8 Å². The Hall–Kier alpha value is -3.36. The number of pyridine rings is 1. The number of hydrogen-bond donors (Lipinski definition) is 1. The van der Waals surface area contributed by atoms with E-state index in [4.69, 9.17) is 0 Å². The van der Waals surface area contributed by atoms with Gasteiger partial charge in [0.05, 0.1) is 18.1 Å².